The Morgan fingerprint density at radius 3 is 2.52 bits per heavy atom. The van der Waals surface area contributed by atoms with Gasteiger partial charge in [0, 0.05) is 45.1 Å². The minimum absolute atomic E-state index is 0.117. The Balaban J connectivity index is 1.49. The Kier molecular flexibility index (Phi) is 5.41. The normalized spacial score (nSPS) is 23.9. The topological polar surface area (TPSA) is 60.9 Å². The summed E-state index contributed by atoms with van der Waals surface area (Å²) >= 11 is 0. The molecule has 2 aliphatic rings. The van der Waals surface area contributed by atoms with Crippen LogP contribution >= 0.6 is 0 Å². The van der Waals surface area contributed by atoms with Gasteiger partial charge in [-0.3, -0.25) is 9.69 Å². The number of carboxylic acids is 1. The van der Waals surface area contributed by atoms with Crippen LogP contribution in [0.25, 0.3) is 0 Å². The summed E-state index contributed by atoms with van der Waals surface area (Å²) in [5.41, 5.74) is 2.83. The number of hydrogen-bond acceptors (Lipinski definition) is 3. The molecule has 0 aliphatic carbocycles. The van der Waals surface area contributed by atoms with Crippen LogP contribution in [0, 0.1) is 11.3 Å². The lowest BCUT2D eigenvalue weighted by molar-refractivity contribution is -0.128. The van der Waals surface area contributed by atoms with E-state index in [1.165, 1.54) is 5.56 Å². The summed E-state index contributed by atoms with van der Waals surface area (Å²) in [7, 11) is 0. The maximum atomic E-state index is 12.0. The molecule has 0 saturated carbocycles. The lowest BCUT2D eigenvalue weighted by Crippen LogP contribution is -2.36. The fraction of sp³-hybridized carbons (Fsp3) is 0.417. The highest BCUT2D eigenvalue weighted by Crippen LogP contribution is 2.46. The maximum absolute atomic E-state index is 12.0. The second-order valence-corrected chi connectivity index (χ2v) is 8.62. The summed E-state index contributed by atoms with van der Waals surface area (Å²) in [5, 5.41) is 9.25. The number of aryl methyl sites for hydroxylation is 1. The Hall–Kier alpha value is -2.66. The van der Waals surface area contributed by atoms with Crippen molar-refractivity contribution in [2.75, 3.05) is 26.2 Å². The fourth-order valence-corrected chi connectivity index (χ4v) is 5.11. The van der Waals surface area contributed by atoms with Gasteiger partial charge < -0.3 is 10.0 Å². The summed E-state index contributed by atoms with van der Waals surface area (Å²) in [4.78, 5) is 27.7. The first-order valence-corrected chi connectivity index (χ1v) is 10.3. The van der Waals surface area contributed by atoms with Crippen LogP contribution in [0.3, 0.4) is 0 Å². The lowest BCUT2D eigenvalue weighted by atomic mass is 9.76. The van der Waals surface area contributed by atoms with Crippen LogP contribution in [0.15, 0.2) is 54.6 Å². The molecule has 1 N–H and O–H groups in total. The Bertz CT molecular complexity index is 898. The molecule has 0 radical (unpaired) electrons. The molecule has 2 aromatic carbocycles. The number of nitrogens with zero attached hydrogens (tertiary/aromatic N) is 2. The van der Waals surface area contributed by atoms with Gasteiger partial charge in [0.05, 0.1) is 5.56 Å². The van der Waals surface area contributed by atoms with E-state index in [1.54, 1.807) is 19.1 Å². The standard InChI is InChI=1S/C24H28N2O3/c1-18(27)26-15-22-14-25(13-20-8-5-9-21(12-20)23(28)29)16-24(22,17-26)11-10-19-6-3-2-4-7-19/h2-9,12,22H,10-11,13-17H2,1H3,(H,28,29). The predicted octanol–water partition coefficient (Wildman–Crippen LogP) is 3.30. The summed E-state index contributed by atoms with van der Waals surface area (Å²) < 4.78 is 0. The van der Waals surface area contributed by atoms with E-state index in [2.05, 4.69) is 29.2 Å². The summed E-state index contributed by atoms with van der Waals surface area (Å²) in [6, 6.07) is 17.8. The monoisotopic (exact) mass is 392 g/mol. The number of carbonyl (C=O) groups excluding carboxylic acids is 1. The third-order valence-corrected chi connectivity index (χ3v) is 6.61. The highest BCUT2D eigenvalue weighted by Gasteiger charge is 2.52. The number of fused-ring (bicyclic) bond motifs is 1. The quantitative estimate of drug-likeness (QED) is 0.819. The van der Waals surface area contributed by atoms with Crippen LogP contribution in [0.5, 0.6) is 0 Å². The third-order valence-electron chi connectivity index (χ3n) is 6.61. The highest BCUT2D eigenvalue weighted by molar-refractivity contribution is 5.87. The molecule has 1 amide bonds. The van der Waals surface area contributed by atoms with Gasteiger partial charge in [0.25, 0.3) is 0 Å². The number of amides is 1. The van der Waals surface area contributed by atoms with Crippen molar-refractivity contribution < 1.29 is 14.7 Å². The fourth-order valence-electron chi connectivity index (χ4n) is 5.11. The molecule has 2 heterocycles. The molecule has 29 heavy (non-hydrogen) atoms. The minimum atomic E-state index is -0.887. The van der Waals surface area contributed by atoms with E-state index in [9.17, 15) is 14.7 Å². The molecule has 2 aliphatic heterocycles. The molecule has 0 bridgehead atoms. The lowest BCUT2D eigenvalue weighted by Gasteiger charge is -2.29. The van der Waals surface area contributed by atoms with Crippen molar-refractivity contribution in [2.45, 2.75) is 26.3 Å². The van der Waals surface area contributed by atoms with E-state index < -0.39 is 5.97 Å². The van der Waals surface area contributed by atoms with E-state index in [4.69, 9.17) is 0 Å². The maximum Gasteiger partial charge on any atom is 0.335 e. The summed E-state index contributed by atoms with van der Waals surface area (Å²) in [6.07, 6.45) is 2.09. The number of benzene rings is 2. The Labute approximate surface area is 171 Å². The van der Waals surface area contributed by atoms with Crippen molar-refractivity contribution in [3.8, 4) is 0 Å². The molecule has 152 valence electrons. The molecule has 0 aromatic heterocycles. The molecule has 2 atom stereocenters. The Morgan fingerprint density at radius 1 is 1.03 bits per heavy atom. The number of hydrogen-bond donors (Lipinski definition) is 1. The van der Waals surface area contributed by atoms with Crippen LogP contribution in [0.4, 0.5) is 0 Å². The molecular formula is C24H28N2O3. The van der Waals surface area contributed by atoms with E-state index in [1.807, 2.05) is 23.1 Å². The van der Waals surface area contributed by atoms with Gasteiger partial charge in [-0.05, 0) is 42.0 Å². The molecule has 2 unspecified atom stereocenters. The van der Waals surface area contributed by atoms with Crippen LogP contribution in [0.2, 0.25) is 0 Å². The second kappa shape index (κ2) is 7.99. The molecule has 2 saturated heterocycles. The van der Waals surface area contributed by atoms with Gasteiger partial charge in [0.15, 0.2) is 0 Å². The zero-order valence-electron chi connectivity index (χ0n) is 16.9. The molecule has 5 nitrogen and oxygen atoms in total. The highest BCUT2D eigenvalue weighted by atomic mass is 16.4. The van der Waals surface area contributed by atoms with Gasteiger partial charge in [0.1, 0.15) is 0 Å². The Morgan fingerprint density at radius 2 is 1.79 bits per heavy atom. The first kappa shape index (κ1) is 19.6. The van der Waals surface area contributed by atoms with Crippen LogP contribution < -0.4 is 0 Å². The minimum Gasteiger partial charge on any atom is -0.478 e. The van der Waals surface area contributed by atoms with Gasteiger partial charge in [-0.1, -0.05) is 42.5 Å². The van der Waals surface area contributed by atoms with Gasteiger partial charge in [-0.25, -0.2) is 4.79 Å². The third kappa shape index (κ3) is 4.20. The molecule has 2 fully saturated rings. The number of likely N-dealkylation sites (tertiary alicyclic amines) is 2. The molecule has 4 rings (SSSR count). The van der Waals surface area contributed by atoms with Gasteiger partial charge in [-0.2, -0.15) is 0 Å². The van der Waals surface area contributed by atoms with Crippen LogP contribution in [-0.2, 0) is 17.8 Å². The van der Waals surface area contributed by atoms with Gasteiger partial charge in [-0.15, -0.1) is 0 Å². The average Bonchev–Trinajstić information content (AvgIpc) is 3.21. The largest absolute Gasteiger partial charge is 0.478 e. The van der Waals surface area contributed by atoms with Crippen molar-refractivity contribution in [3.63, 3.8) is 0 Å². The first-order chi connectivity index (χ1) is 13.9. The van der Waals surface area contributed by atoms with E-state index in [0.717, 1.165) is 51.1 Å². The van der Waals surface area contributed by atoms with Crippen molar-refractivity contribution >= 4 is 11.9 Å². The van der Waals surface area contributed by atoms with Crippen LogP contribution in [-0.4, -0.2) is 53.0 Å². The number of aromatic carboxylic acids is 1. The predicted molar refractivity (Wildman–Crippen MR) is 112 cm³/mol. The molecular weight excluding hydrogens is 364 g/mol. The van der Waals surface area contributed by atoms with E-state index >= 15 is 0 Å². The smallest absolute Gasteiger partial charge is 0.335 e. The summed E-state index contributed by atoms with van der Waals surface area (Å²) in [6.45, 7) is 5.98. The average molecular weight is 392 g/mol. The number of carbonyl (C=O) groups is 2. The number of rotatable bonds is 6. The van der Waals surface area contributed by atoms with Gasteiger partial charge >= 0.3 is 5.97 Å². The van der Waals surface area contributed by atoms with Crippen molar-refractivity contribution in [3.05, 3.63) is 71.3 Å². The summed E-state index contributed by atoms with van der Waals surface area (Å²) in [5.74, 6) is -0.251. The van der Waals surface area contributed by atoms with E-state index in [0.29, 0.717) is 11.5 Å². The SMILES string of the molecule is CC(=O)N1CC2CN(Cc3cccc(C(=O)O)c3)CC2(CCc2ccccc2)C1. The first-order valence-electron chi connectivity index (χ1n) is 10.3. The van der Waals surface area contributed by atoms with Crippen molar-refractivity contribution in [1.82, 2.24) is 9.80 Å². The zero-order valence-corrected chi connectivity index (χ0v) is 16.9. The molecule has 0 spiro atoms. The molecule has 5 heteroatoms. The van der Waals surface area contributed by atoms with Crippen molar-refractivity contribution in [1.29, 1.82) is 0 Å². The van der Waals surface area contributed by atoms with Crippen LogP contribution in [0.1, 0.15) is 34.8 Å². The zero-order chi connectivity index (χ0) is 20.4. The molecule has 2 aromatic rings. The van der Waals surface area contributed by atoms with E-state index in [-0.39, 0.29) is 11.3 Å². The second-order valence-electron chi connectivity index (χ2n) is 8.62. The number of carboxylic acid groups (broad SMARTS) is 1. The van der Waals surface area contributed by atoms with Crippen molar-refractivity contribution in [2.24, 2.45) is 11.3 Å². The van der Waals surface area contributed by atoms with Gasteiger partial charge in [0.2, 0.25) is 5.91 Å².